The quantitative estimate of drug-likeness (QED) is 0.580. The molecule has 0 radical (unpaired) electrons. The molecule has 0 unspecified atom stereocenters. The number of rotatable bonds is 2. The lowest BCUT2D eigenvalue weighted by Gasteiger charge is -2.48. The Morgan fingerprint density at radius 1 is 1.56 bits per heavy atom. The lowest BCUT2D eigenvalue weighted by Crippen LogP contribution is -2.45. The van der Waals surface area contributed by atoms with Crippen molar-refractivity contribution in [3.05, 3.63) is 12.2 Å². The van der Waals surface area contributed by atoms with E-state index in [9.17, 15) is 9.90 Å². The van der Waals surface area contributed by atoms with Gasteiger partial charge in [0, 0.05) is 5.41 Å². The van der Waals surface area contributed by atoms with Gasteiger partial charge in [-0.1, -0.05) is 32.9 Å². The van der Waals surface area contributed by atoms with E-state index in [1.807, 2.05) is 6.92 Å². The third kappa shape index (κ3) is 2.14. The number of hydrogen-bond acceptors (Lipinski definition) is 3. The summed E-state index contributed by atoms with van der Waals surface area (Å²) in [7, 11) is 1.37. The molecule has 0 heterocycles. The normalized spacial score (nSPS) is 33.6. The van der Waals surface area contributed by atoms with Gasteiger partial charge in [-0.2, -0.15) is 0 Å². The Morgan fingerprint density at radius 2 is 2.12 bits per heavy atom. The molecule has 3 nitrogen and oxygen atoms in total. The lowest BCUT2D eigenvalue weighted by molar-refractivity contribution is -0.145. The lowest BCUT2D eigenvalue weighted by atomic mass is 9.58. The molecular weight excluding hydrogens is 204 g/mol. The zero-order valence-corrected chi connectivity index (χ0v) is 10.7. The van der Waals surface area contributed by atoms with Crippen molar-refractivity contribution in [2.75, 3.05) is 7.11 Å². The number of esters is 1. The van der Waals surface area contributed by atoms with Crippen LogP contribution in [0.25, 0.3) is 0 Å². The predicted octanol–water partition coefficient (Wildman–Crippen LogP) is 2.29. The van der Waals surface area contributed by atoms with Crippen molar-refractivity contribution in [1.82, 2.24) is 0 Å². The van der Waals surface area contributed by atoms with Gasteiger partial charge in [0.05, 0.1) is 19.6 Å². The molecule has 0 saturated heterocycles. The maximum atomic E-state index is 11.4. The Morgan fingerprint density at radius 3 is 2.62 bits per heavy atom. The average molecular weight is 226 g/mol. The second-order valence-corrected chi connectivity index (χ2v) is 5.59. The number of carbonyl (C=O) groups is 1. The summed E-state index contributed by atoms with van der Waals surface area (Å²) in [6.07, 6.45) is 1.31. The number of ether oxygens (including phenoxy) is 1. The van der Waals surface area contributed by atoms with E-state index >= 15 is 0 Å². The highest BCUT2D eigenvalue weighted by Crippen LogP contribution is 2.51. The zero-order chi connectivity index (χ0) is 12.6. The Kier molecular flexibility index (Phi) is 3.48. The van der Waals surface area contributed by atoms with Gasteiger partial charge >= 0.3 is 5.97 Å². The highest BCUT2D eigenvalue weighted by Gasteiger charge is 2.47. The number of aliphatic hydroxyl groups is 1. The molecule has 2 atom stereocenters. The predicted molar refractivity (Wildman–Crippen MR) is 62.9 cm³/mol. The van der Waals surface area contributed by atoms with Crippen molar-refractivity contribution < 1.29 is 14.6 Å². The van der Waals surface area contributed by atoms with Crippen LogP contribution in [0.1, 0.15) is 40.0 Å². The van der Waals surface area contributed by atoms with Crippen LogP contribution in [0.15, 0.2) is 12.2 Å². The fraction of sp³-hybridized carbons (Fsp3) is 0.769. The second-order valence-electron chi connectivity index (χ2n) is 5.59. The summed E-state index contributed by atoms with van der Waals surface area (Å²) < 4.78 is 4.69. The highest BCUT2D eigenvalue weighted by atomic mass is 16.5. The van der Waals surface area contributed by atoms with E-state index in [0.717, 1.165) is 12.0 Å². The van der Waals surface area contributed by atoms with E-state index in [1.165, 1.54) is 7.11 Å². The van der Waals surface area contributed by atoms with Crippen molar-refractivity contribution in [2.45, 2.75) is 46.1 Å². The summed E-state index contributed by atoms with van der Waals surface area (Å²) in [5.41, 5.74) is 0.362. The Balaban J connectivity index is 2.97. The summed E-state index contributed by atoms with van der Waals surface area (Å²) in [6.45, 7) is 10.2. The van der Waals surface area contributed by atoms with Gasteiger partial charge in [0.15, 0.2) is 0 Å². The molecule has 1 rings (SSSR count). The number of methoxy groups -OCH3 is 1. The molecule has 0 aromatic carbocycles. The van der Waals surface area contributed by atoms with Gasteiger partial charge in [-0.25, -0.2) is 0 Å². The van der Waals surface area contributed by atoms with Crippen LogP contribution in [0, 0.1) is 10.8 Å². The fourth-order valence-electron chi connectivity index (χ4n) is 2.54. The smallest absolute Gasteiger partial charge is 0.306 e. The maximum absolute atomic E-state index is 11.4. The van der Waals surface area contributed by atoms with Gasteiger partial charge in [0.1, 0.15) is 0 Å². The summed E-state index contributed by atoms with van der Waals surface area (Å²) in [5.74, 6) is -0.291. The highest BCUT2D eigenvalue weighted by molar-refractivity contribution is 5.71. The Hall–Kier alpha value is -0.830. The summed E-state index contributed by atoms with van der Waals surface area (Å²) in [6, 6.07) is 0. The average Bonchev–Trinajstić information content (AvgIpc) is 2.22. The van der Waals surface area contributed by atoms with Crippen LogP contribution in [0.3, 0.4) is 0 Å². The van der Waals surface area contributed by atoms with Gasteiger partial charge in [-0.15, -0.1) is 0 Å². The zero-order valence-electron chi connectivity index (χ0n) is 10.7. The van der Waals surface area contributed by atoms with Crippen molar-refractivity contribution in [3.63, 3.8) is 0 Å². The first-order chi connectivity index (χ1) is 7.24. The van der Waals surface area contributed by atoms with E-state index in [1.54, 1.807) is 0 Å². The minimum atomic E-state index is -0.561. The first kappa shape index (κ1) is 13.2. The topological polar surface area (TPSA) is 46.5 Å². The van der Waals surface area contributed by atoms with Crippen LogP contribution >= 0.6 is 0 Å². The molecule has 3 heteroatoms. The molecule has 0 aromatic rings. The third-order valence-corrected chi connectivity index (χ3v) is 4.02. The molecule has 92 valence electrons. The van der Waals surface area contributed by atoms with Gasteiger partial charge in [0.2, 0.25) is 0 Å². The van der Waals surface area contributed by atoms with Crippen LogP contribution in [-0.2, 0) is 9.53 Å². The summed E-state index contributed by atoms with van der Waals surface area (Å²) >= 11 is 0. The molecule has 1 fully saturated rings. The first-order valence-corrected chi connectivity index (χ1v) is 5.69. The molecule has 0 spiro atoms. The van der Waals surface area contributed by atoms with Crippen molar-refractivity contribution >= 4 is 5.97 Å². The van der Waals surface area contributed by atoms with Crippen LogP contribution < -0.4 is 0 Å². The largest absolute Gasteiger partial charge is 0.469 e. The van der Waals surface area contributed by atoms with E-state index in [0.29, 0.717) is 6.42 Å². The third-order valence-electron chi connectivity index (χ3n) is 4.02. The molecule has 1 aliphatic rings. The summed E-state index contributed by atoms with van der Waals surface area (Å²) in [4.78, 5) is 11.4. The molecule has 1 aliphatic carbocycles. The summed E-state index contributed by atoms with van der Waals surface area (Å²) in [5, 5.41) is 10.1. The maximum Gasteiger partial charge on any atom is 0.306 e. The molecule has 0 amide bonds. The molecular formula is C13H22O3. The van der Waals surface area contributed by atoms with Gasteiger partial charge in [0.25, 0.3) is 0 Å². The van der Waals surface area contributed by atoms with Crippen molar-refractivity contribution in [2.24, 2.45) is 10.8 Å². The van der Waals surface area contributed by atoms with E-state index in [4.69, 9.17) is 4.74 Å². The molecule has 16 heavy (non-hydrogen) atoms. The second kappa shape index (κ2) is 4.21. The fourth-order valence-corrected chi connectivity index (χ4v) is 2.54. The van der Waals surface area contributed by atoms with E-state index in [-0.39, 0.29) is 17.8 Å². The van der Waals surface area contributed by atoms with Crippen molar-refractivity contribution in [1.29, 1.82) is 0 Å². The van der Waals surface area contributed by atoms with Crippen LogP contribution in [-0.4, -0.2) is 24.3 Å². The monoisotopic (exact) mass is 226 g/mol. The molecule has 0 aromatic heterocycles. The van der Waals surface area contributed by atoms with Gasteiger partial charge in [-0.3, -0.25) is 4.79 Å². The number of hydrogen-bond donors (Lipinski definition) is 1. The van der Waals surface area contributed by atoms with Crippen LogP contribution in [0.2, 0.25) is 0 Å². The van der Waals surface area contributed by atoms with Crippen LogP contribution in [0.5, 0.6) is 0 Å². The SMILES string of the molecule is C=C1C(C)(C)CC[C@@H](O)[C@]1(C)CC(=O)OC. The van der Waals surface area contributed by atoms with Gasteiger partial charge in [-0.05, 0) is 18.3 Å². The standard InChI is InChI=1S/C13H22O3/c1-9-12(2,3)7-6-10(14)13(9,4)8-11(15)16-5/h10,14H,1,6-8H2,2-5H3/t10-,13-/m1/s1. The van der Waals surface area contributed by atoms with E-state index < -0.39 is 11.5 Å². The Bertz CT molecular complexity index is 306. The van der Waals surface area contributed by atoms with Gasteiger partial charge < -0.3 is 9.84 Å². The molecule has 0 aliphatic heterocycles. The van der Waals surface area contributed by atoms with Crippen LogP contribution in [0.4, 0.5) is 0 Å². The first-order valence-electron chi connectivity index (χ1n) is 5.69. The number of aliphatic hydroxyl groups excluding tert-OH is 1. The molecule has 0 bridgehead atoms. The minimum Gasteiger partial charge on any atom is -0.469 e. The van der Waals surface area contributed by atoms with E-state index in [2.05, 4.69) is 20.4 Å². The Labute approximate surface area is 97.5 Å². The number of carbonyl (C=O) groups excluding carboxylic acids is 1. The molecule has 1 saturated carbocycles. The van der Waals surface area contributed by atoms with Crippen molar-refractivity contribution in [3.8, 4) is 0 Å². The molecule has 1 N–H and O–H groups in total. The minimum absolute atomic E-state index is 0.0258.